The number of para-hydroxylation sites is 1. The van der Waals surface area contributed by atoms with Crippen LogP contribution < -0.4 is 5.32 Å². The molecule has 2 aromatic rings. The van der Waals surface area contributed by atoms with Crippen LogP contribution in [0.1, 0.15) is 43.0 Å². The maximum atomic E-state index is 12.9. The normalized spacial score (nSPS) is 37.2. The first-order valence-corrected chi connectivity index (χ1v) is 8.85. The molecule has 5 nitrogen and oxygen atoms in total. The molecule has 5 rings (SSSR count). The van der Waals surface area contributed by atoms with Crippen LogP contribution in [0.2, 0.25) is 0 Å². The Kier molecular flexibility index (Phi) is 2.92. The number of fused-ring (bicyclic) bond motifs is 6. The summed E-state index contributed by atoms with van der Waals surface area (Å²) in [7, 11) is 0. The molecular weight excluding hydrogens is 304 g/mol. The highest BCUT2D eigenvalue weighted by molar-refractivity contribution is 5.92. The summed E-state index contributed by atoms with van der Waals surface area (Å²) in [5, 5.41) is 14.6. The SMILES string of the molecule is CC[C@@]12CN[C@H]3C[C@@H]1[C@@H](C(=O)O[C@@H]2CO)c1c3[nH]c2ccccc12. The molecule has 2 saturated heterocycles. The molecule has 3 N–H and O–H groups in total. The maximum absolute atomic E-state index is 12.9. The standard InChI is InChI=1S/C19H22N2O3/c1-2-19-9-20-13-7-11(19)16(18(23)24-14(19)8-22)15-10-5-3-4-6-12(10)21-17(13)15/h3-6,11,13-14,16,20-22H,2,7-9H2,1H3/t11-,13+,14-,16-,19-/m1/s1. The number of aliphatic hydroxyl groups excluding tert-OH is 1. The summed E-state index contributed by atoms with van der Waals surface area (Å²) in [5.41, 5.74) is 3.15. The molecule has 2 bridgehead atoms. The van der Waals surface area contributed by atoms with Gasteiger partial charge in [0.15, 0.2) is 0 Å². The van der Waals surface area contributed by atoms with E-state index in [9.17, 15) is 9.90 Å². The summed E-state index contributed by atoms with van der Waals surface area (Å²) in [5.74, 6) is -0.175. The van der Waals surface area contributed by atoms with Gasteiger partial charge in [0.1, 0.15) is 6.10 Å². The van der Waals surface area contributed by atoms with Crippen molar-refractivity contribution in [2.45, 2.75) is 37.8 Å². The number of aliphatic hydroxyl groups is 1. The van der Waals surface area contributed by atoms with Crippen LogP contribution in [-0.2, 0) is 9.53 Å². The molecule has 0 unspecified atom stereocenters. The van der Waals surface area contributed by atoms with Gasteiger partial charge in [0.25, 0.3) is 0 Å². The number of aromatic amines is 1. The van der Waals surface area contributed by atoms with E-state index < -0.39 is 6.10 Å². The Morgan fingerprint density at radius 2 is 2.21 bits per heavy atom. The van der Waals surface area contributed by atoms with Gasteiger partial charge in [0.05, 0.1) is 12.5 Å². The molecule has 3 aliphatic rings. The molecule has 0 radical (unpaired) electrons. The third kappa shape index (κ3) is 1.59. The van der Waals surface area contributed by atoms with Crippen LogP contribution in [0.25, 0.3) is 10.9 Å². The fourth-order valence-corrected chi connectivity index (χ4v) is 5.50. The van der Waals surface area contributed by atoms with Crippen molar-refractivity contribution >= 4 is 16.9 Å². The van der Waals surface area contributed by atoms with E-state index in [0.717, 1.165) is 41.5 Å². The van der Waals surface area contributed by atoms with Crippen LogP contribution in [-0.4, -0.2) is 35.3 Å². The maximum Gasteiger partial charge on any atom is 0.314 e. The number of esters is 1. The largest absolute Gasteiger partial charge is 0.459 e. The molecule has 2 fully saturated rings. The van der Waals surface area contributed by atoms with E-state index in [2.05, 4.69) is 29.4 Å². The lowest BCUT2D eigenvalue weighted by Gasteiger charge is -2.57. The number of ether oxygens (including phenoxy) is 1. The minimum absolute atomic E-state index is 0.101. The van der Waals surface area contributed by atoms with Crippen molar-refractivity contribution in [3.8, 4) is 0 Å². The van der Waals surface area contributed by atoms with Gasteiger partial charge in [-0.3, -0.25) is 4.79 Å². The van der Waals surface area contributed by atoms with Crippen molar-refractivity contribution in [2.75, 3.05) is 13.2 Å². The summed E-state index contributed by atoms with van der Waals surface area (Å²) in [4.78, 5) is 16.4. The zero-order valence-corrected chi connectivity index (χ0v) is 13.7. The second-order valence-corrected chi connectivity index (χ2v) is 7.45. The summed E-state index contributed by atoms with van der Waals surface area (Å²) in [6.07, 6.45) is 1.41. The van der Waals surface area contributed by atoms with Gasteiger partial charge in [-0.15, -0.1) is 0 Å². The van der Waals surface area contributed by atoms with Crippen LogP contribution in [0.4, 0.5) is 0 Å². The first-order chi connectivity index (χ1) is 11.7. The zero-order valence-electron chi connectivity index (χ0n) is 13.7. The Balaban J connectivity index is 1.76. The molecule has 1 aromatic heterocycles. The van der Waals surface area contributed by atoms with Crippen LogP contribution in [0.15, 0.2) is 24.3 Å². The predicted molar refractivity (Wildman–Crippen MR) is 89.6 cm³/mol. The Bertz CT molecular complexity index is 829. The minimum atomic E-state index is -0.406. The lowest BCUT2D eigenvalue weighted by molar-refractivity contribution is -0.192. The number of hydrogen-bond donors (Lipinski definition) is 3. The number of piperidine rings is 1. The van der Waals surface area contributed by atoms with E-state index in [0.29, 0.717) is 0 Å². The molecule has 1 aliphatic carbocycles. The van der Waals surface area contributed by atoms with Crippen molar-refractivity contribution in [3.63, 3.8) is 0 Å². The minimum Gasteiger partial charge on any atom is -0.459 e. The number of carbonyl (C=O) groups excluding carboxylic acids is 1. The molecule has 0 saturated carbocycles. The number of hydrogen-bond acceptors (Lipinski definition) is 4. The molecule has 5 heteroatoms. The molecule has 3 heterocycles. The lowest BCUT2D eigenvalue weighted by atomic mass is 9.55. The molecule has 0 amide bonds. The number of carbonyl (C=O) groups is 1. The van der Waals surface area contributed by atoms with E-state index >= 15 is 0 Å². The highest BCUT2D eigenvalue weighted by Gasteiger charge is 2.61. The number of aromatic nitrogens is 1. The average Bonchev–Trinajstić information content (AvgIpc) is 3.01. The smallest absolute Gasteiger partial charge is 0.314 e. The summed E-state index contributed by atoms with van der Waals surface area (Å²) < 4.78 is 5.76. The first kappa shape index (κ1) is 14.5. The van der Waals surface area contributed by atoms with Gasteiger partial charge in [-0.05, 0) is 30.4 Å². The Hall–Kier alpha value is -1.85. The van der Waals surface area contributed by atoms with Crippen LogP contribution in [0.5, 0.6) is 0 Å². The number of rotatable bonds is 2. The summed E-state index contributed by atoms with van der Waals surface area (Å²) >= 11 is 0. The molecule has 24 heavy (non-hydrogen) atoms. The van der Waals surface area contributed by atoms with Crippen LogP contribution in [0, 0.1) is 11.3 Å². The van der Waals surface area contributed by atoms with E-state index in [1.54, 1.807) is 0 Å². The number of cyclic esters (lactones) is 1. The second-order valence-electron chi connectivity index (χ2n) is 7.45. The summed E-state index contributed by atoms with van der Waals surface area (Å²) in [6, 6.07) is 8.44. The van der Waals surface area contributed by atoms with Gasteiger partial charge in [-0.2, -0.15) is 0 Å². The first-order valence-electron chi connectivity index (χ1n) is 8.85. The molecule has 5 atom stereocenters. The quantitative estimate of drug-likeness (QED) is 0.740. The van der Waals surface area contributed by atoms with E-state index in [-0.39, 0.29) is 35.9 Å². The van der Waals surface area contributed by atoms with Gasteiger partial charge < -0.3 is 20.1 Å². The van der Waals surface area contributed by atoms with Crippen molar-refractivity contribution in [1.82, 2.24) is 10.3 Å². The highest BCUT2D eigenvalue weighted by atomic mass is 16.6. The van der Waals surface area contributed by atoms with Crippen molar-refractivity contribution in [1.29, 1.82) is 0 Å². The molecule has 1 aromatic carbocycles. The highest BCUT2D eigenvalue weighted by Crippen LogP contribution is 2.59. The lowest BCUT2D eigenvalue weighted by Crippen LogP contribution is -2.63. The molecule has 0 spiro atoms. The van der Waals surface area contributed by atoms with Crippen molar-refractivity contribution in [2.24, 2.45) is 11.3 Å². The zero-order chi connectivity index (χ0) is 16.5. The topological polar surface area (TPSA) is 74.3 Å². The third-order valence-corrected chi connectivity index (χ3v) is 6.72. The molecular formula is C19H22N2O3. The van der Waals surface area contributed by atoms with Gasteiger partial charge in [0, 0.05) is 34.6 Å². The predicted octanol–water partition coefficient (Wildman–Crippen LogP) is 2.23. The second kappa shape index (κ2) is 4.83. The fourth-order valence-electron chi connectivity index (χ4n) is 5.50. The van der Waals surface area contributed by atoms with E-state index in [4.69, 9.17) is 4.74 Å². The van der Waals surface area contributed by atoms with Crippen molar-refractivity contribution in [3.05, 3.63) is 35.5 Å². The third-order valence-electron chi connectivity index (χ3n) is 6.72. The molecule has 2 aliphatic heterocycles. The van der Waals surface area contributed by atoms with Crippen LogP contribution >= 0.6 is 0 Å². The Labute approximate surface area is 140 Å². The number of nitrogens with one attached hydrogen (secondary N) is 2. The Morgan fingerprint density at radius 1 is 1.38 bits per heavy atom. The van der Waals surface area contributed by atoms with Gasteiger partial charge in [-0.1, -0.05) is 25.1 Å². The number of H-pyrrole nitrogens is 1. The summed E-state index contributed by atoms with van der Waals surface area (Å²) in [6.45, 7) is 2.82. The molecule has 126 valence electrons. The average molecular weight is 326 g/mol. The van der Waals surface area contributed by atoms with Crippen molar-refractivity contribution < 1.29 is 14.6 Å². The van der Waals surface area contributed by atoms with Crippen LogP contribution in [0.3, 0.4) is 0 Å². The Morgan fingerprint density at radius 3 is 3.00 bits per heavy atom. The fraction of sp³-hybridized carbons (Fsp3) is 0.526. The van der Waals surface area contributed by atoms with Gasteiger partial charge >= 0.3 is 5.97 Å². The van der Waals surface area contributed by atoms with Gasteiger partial charge in [-0.25, -0.2) is 0 Å². The monoisotopic (exact) mass is 326 g/mol. The van der Waals surface area contributed by atoms with E-state index in [1.807, 2.05) is 12.1 Å². The van der Waals surface area contributed by atoms with Gasteiger partial charge in [0.2, 0.25) is 0 Å². The number of benzene rings is 1. The van der Waals surface area contributed by atoms with E-state index in [1.165, 1.54) is 0 Å².